The first-order chi connectivity index (χ1) is 13.0. The van der Waals surface area contributed by atoms with Crippen LogP contribution in [0, 0.1) is 5.92 Å². The Morgan fingerprint density at radius 1 is 1.37 bits per heavy atom. The van der Waals surface area contributed by atoms with Gasteiger partial charge in [0.15, 0.2) is 0 Å². The fourth-order valence-corrected chi connectivity index (χ4v) is 4.04. The second-order valence-corrected chi connectivity index (χ2v) is 8.02. The smallest absolute Gasteiger partial charge is 0.248 e. The molecule has 1 aromatic rings. The van der Waals surface area contributed by atoms with Gasteiger partial charge in [-0.25, -0.2) is 0 Å². The van der Waals surface area contributed by atoms with Gasteiger partial charge in [0.25, 0.3) is 0 Å². The number of nitrogens with zero attached hydrogens (tertiary/aromatic N) is 2. The lowest BCUT2D eigenvalue weighted by molar-refractivity contribution is -0.182. The van der Waals surface area contributed by atoms with Crippen LogP contribution in [-0.2, 0) is 20.8 Å². The van der Waals surface area contributed by atoms with E-state index in [2.05, 4.69) is 17.0 Å². The molecule has 1 amide bonds. The molecule has 1 aromatic carbocycles. The van der Waals surface area contributed by atoms with Gasteiger partial charge in [-0.2, -0.15) is 0 Å². The number of carbonyl (C=O) groups excluding carboxylic acids is 1. The summed E-state index contributed by atoms with van der Waals surface area (Å²) in [6, 6.07) is 8.26. The summed E-state index contributed by atoms with van der Waals surface area (Å²) in [7, 11) is 5.21. The maximum Gasteiger partial charge on any atom is 0.248 e. The van der Waals surface area contributed by atoms with E-state index in [-0.39, 0.29) is 18.1 Å². The molecule has 2 heterocycles. The van der Waals surface area contributed by atoms with Gasteiger partial charge in [-0.1, -0.05) is 12.1 Å². The van der Waals surface area contributed by atoms with Crippen molar-refractivity contribution >= 4 is 5.91 Å². The van der Waals surface area contributed by atoms with E-state index >= 15 is 0 Å². The van der Waals surface area contributed by atoms with E-state index in [1.165, 1.54) is 5.56 Å². The van der Waals surface area contributed by atoms with Crippen molar-refractivity contribution in [1.29, 1.82) is 0 Å². The molecule has 1 spiro atoms. The highest BCUT2D eigenvalue weighted by Gasteiger charge is 2.47. The molecular formula is C21H32N2O4. The Balaban J connectivity index is 1.39. The molecule has 27 heavy (non-hydrogen) atoms. The van der Waals surface area contributed by atoms with Crippen LogP contribution in [0.3, 0.4) is 0 Å². The van der Waals surface area contributed by atoms with E-state index in [1.807, 2.05) is 12.1 Å². The summed E-state index contributed by atoms with van der Waals surface area (Å²) in [5, 5.41) is 0. The topological polar surface area (TPSA) is 51.2 Å². The third-order valence-electron chi connectivity index (χ3n) is 5.55. The quantitative estimate of drug-likeness (QED) is 0.651. The Morgan fingerprint density at radius 2 is 2.19 bits per heavy atom. The number of ether oxygens (including phenoxy) is 3. The zero-order chi connectivity index (χ0) is 19.3. The van der Waals surface area contributed by atoms with E-state index in [0.29, 0.717) is 12.5 Å². The number of benzene rings is 1. The molecule has 0 aliphatic carbocycles. The van der Waals surface area contributed by atoms with Crippen molar-refractivity contribution in [2.75, 3.05) is 54.1 Å². The molecule has 150 valence electrons. The van der Waals surface area contributed by atoms with Crippen LogP contribution >= 0.6 is 0 Å². The standard InChI is InChI=1S/C21H32N2O4/c1-22(2)20(24)14-26-9-7-17-8-10-27-21(12-17)15-23(16-21)13-18-5-4-6-19(11-18)25-3/h4-6,11,17H,7-10,12-16H2,1-3H3/t17-/m1/s1. The minimum absolute atomic E-state index is 0.0151. The van der Waals surface area contributed by atoms with Crippen LogP contribution in [0.15, 0.2) is 24.3 Å². The summed E-state index contributed by atoms with van der Waals surface area (Å²) < 4.78 is 17.0. The summed E-state index contributed by atoms with van der Waals surface area (Å²) in [5.41, 5.74) is 1.29. The van der Waals surface area contributed by atoms with Crippen molar-refractivity contribution in [3.63, 3.8) is 0 Å². The van der Waals surface area contributed by atoms with Crippen LogP contribution in [0.25, 0.3) is 0 Å². The second-order valence-electron chi connectivity index (χ2n) is 8.02. The molecule has 0 unspecified atom stereocenters. The van der Waals surface area contributed by atoms with Crippen LogP contribution < -0.4 is 4.74 Å². The average molecular weight is 376 g/mol. The lowest BCUT2D eigenvalue weighted by Crippen LogP contribution is -2.64. The Hall–Kier alpha value is -1.63. The highest BCUT2D eigenvalue weighted by molar-refractivity contribution is 5.76. The highest BCUT2D eigenvalue weighted by Crippen LogP contribution is 2.38. The summed E-state index contributed by atoms with van der Waals surface area (Å²) in [4.78, 5) is 15.5. The molecule has 2 saturated heterocycles. The van der Waals surface area contributed by atoms with Crippen molar-refractivity contribution < 1.29 is 19.0 Å². The number of likely N-dealkylation sites (tertiary alicyclic amines) is 1. The van der Waals surface area contributed by atoms with Gasteiger partial charge in [0.05, 0.1) is 12.7 Å². The van der Waals surface area contributed by atoms with Crippen LogP contribution in [0.4, 0.5) is 0 Å². The molecule has 0 N–H and O–H groups in total. The average Bonchev–Trinajstić information content (AvgIpc) is 2.64. The van der Waals surface area contributed by atoms with Crippen molar-refractivity contribution in [3.8, 4) is 5.75 Å². The maximum absolute atomic E-state index is 11.5. The second kappa shape index (κ2) is 9.04. The van der Waals surface area contributed by atoms with Gasteiger partial charge in [-0.05, 0) is 42.9 Å². The van der Waals surface area contributed by atoms with Gasteiger partial charge < -0.3 is 19.1 Å². The SMILES string of the molecule is COc1cccc(CN2CC3(C[C@H](CCOCC(=O)N(C)C)CCO3)C2)c1. The first kappa shape index (κ1) is 20.1. The molecule has 2 fully saturated rings. The van der Waals surface area contributed by atoms with Crippen molar-refractivity contribution in [2.24, 2.45) is 5.92 Å². The third-order valence-corrected chi connectivity index (χ3v) is 5.55. The lowest BCUT2D eigenvalue weighted by Gasteiger charge is -2.53. The molecule has 6 heteroatoms. The number of carbonyl (C=O) groups is 1. The number of hydrogen-bond acceptors (Lipinski definition) is 5. The molecule has 0 bridgehead atoms. The van der Waals surface area contributed by atoms with Gasteiger partial charge in [0, 0.05) is 46.9 Å². The molecule has 2 aliphatic heterocycles. The van der Waals surface area contributed by atoms with Gasteiger partial charge in [-0.15, -0.1) is 0 Å². The van der Waals surface area contributed by atoms with E-state index in [1.54, 1.807) is 26.1 Å². The fourth-order valence-electron chi connectivity index (χ4n) is 4.04. The molecule has 0 aromatic heterocycles. The van der Waals surface area contributed by atoms with Crippen LogP contribution in [0.2, 0.25) is 0 Å². The number of amides is 1. The van der Waals surface area contributed by atoms with E-state index in [4.69, 9.17) is 14.2 Å². The number of likely N-dealkylation sites (N-methyl/N-ethyl adjacent to an activating group) is 1. The zero-order valence-corrected chi connectivity index (χ0v) is 16.8. The fraction of sp³-hybridized carbons (Fsp3) is 0.667. The van der Waals surface area contributed by atoms with Gasteiger partial charge >= 0.3 is 0 Å². The molecule has 3 rings (SSSR count). The normalized spacial score (nSPS) is 21.7. The lowest BCUT2D eigenvalue weighted by atomic mass is 9.79. The number of rotatable bonds is 8. The molecule has 0 radical (unpaired) electrons. The molecule has 0 saturated carbocycles. The first-order valence-electron chi connectivity index (χ1n) is 9.77. The largest absolute Gasteiger partial charge is 0.497 e. The van der Waals surface area contributed by atoms with Crippen molar-refractivity contribution in [3.05, 3.63) is 29.8 Å². The summed E-state index contributed by atoms with van der Waals surface area (Å²) in [5.74, 6) is 1.54. The van der Waals surface area contributed by atoms with Crippen molar-refractivity contribution in [2.45, 2.75) is 31.4 Å². The van der Waals surface area contributed by atoms with E-state index < -0.39 is 0 Å². The summed E-state index contributed by atoms with van der Waals surface area (Å²) in [6.45, 7) is 4.56. The predicted octanol–water partition coefficient (Wildman–Crippen LogP) is 2.17. The van der Waals surface area contributed by atoms with E-state index in [9.17, 15) is 4.79 Å². The van der Waals surface area contributed by atoms with Crippen molar-refractivity contribution in [1.82, 2.24) is 9.80 Å². The Kier molecular flexibility index (Phi) is 6.73. The summed E-state index contributed by atoms with van der Waals surface area (Å²) in [6.07, 6.45) is 3.18. The molecule has 6 nitrogen and oxygen atoms in total. The monoisotopic (exact) mass is 376 g/mol. The molecular weight excluding hydrogens is 344 g/mol. The third kappa shape index (κ3) is 5.43. The maximum atomic E-state index is 11.5. The number of hydrogen-bond donors (Lipinski definition) is 0. The number of methoxy groups -OCH3 is 1. The minimum Gasteiger partial charge on any atom is -0.497 e. The van der Waals surface area contributed by atoms with Crippen LogP contribution in [0.5, 0.6) is 5.75 Å². The van der Waals surface area contributed by atoms with Gasteiger partial charge in [-0.3, -0.25) is 9.69 Å². The Morgan fingerprint density at radius 3 is 2.93 bits per heavy atom. The van der Waals surface area contributed by atoms with Crippen LogP contribution in [-0.4, -0.2) is 75.4 Å². The van der Waals surface area contributed by atoms with Crippen LogP contribution in [0.1, 0.15) is 24.8 Å². The Labute approximate surface area is 162 Å². The first-order valence-corrected chi connectivity index (χ1v) is 9.77. The predicted molar refractivity (Wildman–Crippen MR) is 104 cm³/mol. The highest BCUT2D eigenvalue weighted by atomic mass is 16.5. The minimum atomic E-state index is 0.0151. The van der Waals surface area contributed by atoms with E-state index in [0.717, 1.165) is 51.3 Å². The molecule has 1 atom stereocenters. The Bertz CT molecular complexity index is 628. The zero-order valence-electron chi connectivity index (χ0n) is 16.8. The van der Waals surface area contributed by atoms with Gasteiger partial charge in [0.1, 0.15) is 12.4 Å². The molecule has 2 aliphatic rings. The van der Waals surface area contributed by atoms with Gasteiger partial charge in [0.2, 0.25) is 5.91 Å². The summed E-state index contributed by atoms with van der Waals surface area (Å²) >= 11 is 0.